The van der Waals surface area contributed by atoms with Gasteiger partial charge in [0.2, 0.25) is 0 Å². The molecule has 0 atom stereocenters. The Bertz CT molecular complexity index is 544. The first-order chi connectivity index (χ1) is 10.3. The van der Waals surface area contributed by atoms with E-state index in [2.05, 4.69) is 36.8 Å². The Balaban J connectivity index is 1.42. The average molecular weight is 286 g/mol. The van der Waals surface area contributed by atoms with Crippen molar-refractivity contribution in [1.29, 1.82) is 0 Å². The second-order valence-corrected chi connectivity index (χ2v) is 5.60. The van der Waals surface area contributed by atoms with Crippen LogP contribution in [0.15, 0.2) is 31.1 Å². The summed E-state index contributed by atoms with van der Waals surface area (Å²) in [5.41, 5.74) is 1.30. The summed E-state index contributed by atoms with van der Waals surface area (Å²) in [6, 6.07) is 2.45. The molecular formula is C15H22N6. The third-order valence-electron chi connectivity index (χ3n) is 4.12. The van der Waals surface area contributed by atoms with Crippen molar-refractivity contribution in [3.8, 4) is 0 Å². The number of anilines is 1. The van der Waals surface area contributed by atoms with Gasteiger partial charge >= 0.3 is 0 Å². The molecule has 3 rings (SSSR count). The lowest BCUT2D eigenvalue weighted by atomic mass is 10.0. The van der Waals surface area contributed by atoms with E-state index >= 15 is 0 Å². The molecule has 0 saturated carbocycles. The predicted molar refractivity (Wildman–Crippen MR) is 82.0 cm³/mol. The van der Waals surface area contributed by atoms with Crippen LogP contribution in [0.25, 0.3) is 0 Å². The Labute approximate surface area is 125 Å². The largest absolute Gasteiger partial charge is 0.367 e. The molecule has 0 amide bonds. The second kappa shape index (κ2) is 6.67. The van der Waals surface area contributed by atoms with E-state index in [-0.39, 0.29) is 0 Å². The molecule has 6 nitrogen and oxygen atoms in total. The number of hydrogen-bond acceptors (Lipinski definition) is 5. The first kappa shape index (κ1) is 14.0. The standard InChI is InChI=1S/C15H22N6/c1-20-12-17-10-14(20)5-9-21-7-3-13(4-8-21)19-15-2-6-16-11-18-15/h2,6,10-13H,3-5,7-9H2,1H3,(H,16,18,19). The molecule has 1 aliphatic rings. The van der Waals surface area contributed by atoms with Crippen molar-refractivity contribution in [2.45, 2.75) is 25.3 Å². The maximum absolute atomic E-state index is 4.23. The number of rotatable bonds is 5. The van der Waals surface area contributed by atoms with Gasteiger partial charge in [-0.1, -0.05) is 0 Å². The van der Waals surface area contributed by atoms with Gasteiger partial charge in [-0.2, -0.15) is 0 Å². The summed E-state index contributed by atoms with van der Waals surface area (Å²) in [5, 5.41) is 3.49. The summed E-state index contributed by atoms with van der Waals surface area (Å²) in [6.45, 7) is 3.39. The van der Waals surface area contributed by atoms with Gasteiger partial charge in [0, 0.05) is 57.2 Å². The predicted octanol–water partition coefficient (Wildman–Crippen LogP) is 1.33. The average Bonchev–Trinajstić information content (AvgIpc) is 2.93. The van der Waals surface area contributed by atoms with Crippen molar-refractivity contribution in [3.05, 3.63) is 36.8 Å². The quantitative estimate of drug-likeness (QED) is 0.898. The van der Waals surface area contributed by atoms with Crippen LogP contribution < -0.4 is 5.32 Å². The highest BCUT2D eigenvalue weighted by Crippen LogP contribution is 2.15. The SMILES string of the molecule is Cn1cncc1CCN1CCC(Nc2ccncn2)CC1. The summed E-state index contributed by atoms with van der Waals surface area (Å²) in [7, 11) is 2.06. The number of likely N-dealkylation sites (tertiary alicyclic amines) is 1. The van der Waals surface area contributed by atoms with E-state index in [0.29, 0.717) is 6.04 Å². The molecule has 21 heavy (non-hydrogen) atoms. The monoisotopic (exact) mass is 286 g/mol. The van der Waals surface area contributed by atoms with E-state index in [4.69, 9.17) is 0 Å². The van der Waals surface area contributed by atoms with Crippen molar-refractivity contribution in [3.63, 3.8) is 0 Å². The molecule has 3 heterocycles. The van der Waals surface area contributed by atoms with Crippen LogP contribution in [0.2, 0.25) is 0 Å². The third kappa shape index (κ3) is 3.78. The number of aryl methyl sites for hydroxylation is 1. The molecule has 0 spiro atoms. The zero-order chi connectivity index (χ0) is 14.5. The van der Waals surface area contributed by atoms with Gasteiger partial charge in [-0.15, -0.1) is 0 Å². The van der Waals surface area contributed by atoms with E-state index in [1.807, 2.05) is 18.6 Å². The number of aromatic nitrogens is 4. The first-order valence-corrected chi connectivity index (χ1v) is 7.51. The molecule has 0 aromatic carbocycles. The Morgan fingerprint density at radius 3 is 2.81 bits per heavy atom. The molecule has 6 heteroatoms. The smallest absolute Gasteiger partial charge is 0.129 e. The fourth-order valence-electron chi connectivity index (χ4n) is 2.78. The van der Waals surface area contributed by atoms with Crippen LogP contribution in [0.4, 0.5) is 5.82 Å². The Morgan fingerprint density at radius 1 is 1.29 bits per heavy atom. The number of hydrogen-bond donors (Lipinski definition) is 1. The minimum atomic E-state index is 0.521. The number of nitrogens with zero attached hydrogens (tertiary/aromatic N) is 5. The number of imidazole rings is 1. The molecule has 0 bridgehead atoms. The first-order valence-electron chi connectivity index (χ1n) is 7.51. The highest BCUT2D eigenvalue weighted by Gasteiger charge is 2.19. The van der Waals surface area contributed by atoms with Crippen LogP contribution in [0.1, 0.15) is 18.5 Å². The number of nitrogens with one attached hydrogen (secondary N) is 1. The van der Waals surface area contributed by atoms with E-state index in [0.717, 1.165) is 44.7 Å². The van der Waals surface area contributed by atoms with Crippen LogP contribution >= 0.6 is 0 Å². The lowest BCUT2D eigenvalue weighted by Gasteiger charge is -2.32. The topological polar surface area (TPSA) is 58.9 Å². The Kier molecular flexibility index (Phi) is 4.45. The van der Waals surface area contributed by atoms with Crippen LogP contribution in [-0.4, -0.2) is 50.1 Å². The molecule has 0 unspecified atom stereocenters. The van der Waals surface area contributed by atoms with E-state index in [9.17, 15) is 0 Å². The fraction of sp³-hybridized carbons (Fsp3) is 0.533. The van der Waals surface area contributed by atoms with Crippen molar-refractivity contribution in [2.75, 3.05) is 25.0 Å². The maximum Gasteiger partial charge on any atom is 0.129 e. The van der Waals surface area contributed by atoms with E-state index in [1.165, 1.54) is 5.69 Å². The third-order valence-corrected chi connectivity index (χ3v) is 4.12. The molecule has 2 aromatic heterocycles. The summed E-state index contributed by atoms with van der Waals surface area (Å²) < 4.78 is 2.10. The lowest BCUT2D eigenvalue weighted by Crippen LogP contribution is -2.40. The molecule has 1 fully saturated rings. The summed E-state index contributed by atoms with van der Waals surface area (Å²) in [6.07, 6.45) is 10.6. The van der Waals surface area contributed by atoms with Crippen molar-refractivity contribution in [1.82, 2.24) is 24.4 Å². The van der Waals surface area contributed by atoms with E-state index in [1.54, 1.807) is 12.5 Å². The summed E-state index contributed by atoms with van der Waals surface area (Å²) in [5.74, 6) is 0.929. The normalized spacial score (nSPS) is 17.0. The van der Waals surface area contributed by atoms with Gasteiger partial charge in [-0.3, -0.25) is 0 Å². The minimum absolute atomic E-state index is 0.521. The molecule has 0 aliphatic carbocycles. The second-order valence-electron chi connectivity index (χ2n) is 5.60. The fourth-order valence-corrected chi connectivity index (χ4v) is 2.78. The molecule has 1 N–H and O–H groups in total. The molecule has 112 valence electrons. The molecular weight excluding hydrogens is 264 g/mol. The van der Waals surface area contributed by atoms with Gasteiger partial charge in [0.15, 0.2) is 0 Å². The maximum atomic E-state index is 4.23. The van der Waals surface area contributed by atoms with Crippen molar-refractivity contribution < 1.29 is 0 Å². The van der Waals surface area contributed by atoms with E-state index < -0.39 is 0 Å². The van der Waals surface area contributed by atoms with Crippen molar-refractivity contribution in [2.24, 2.45) is 7.05 Å². The lowest BCUT2D eigenvalue weighted by molar-refractivity contribution is 0.220. The summed E-state index contributed by atoms with van der Waals surface area (Å²) >= 11 is 0. The van der Waals surface area contributed by atoms with Crippen molar-refractivity contribution >= 4 is 5.82 Å². The zero-order valence-corrected chi connectivity index (χ0v) is 12.4. The highest BCUT2D eigenvalue weighted by molar-refractivity contribution is 5.33. The van der Waals surface area contributed by atoms with Gasteiger partial charge in [0.05, 0.1) is 6.33 Å². The molecule has 0 radical (unpaired) electrons. The number of piperidine rings is 1. The Morgan fingerprint density at radius 2 is 2.14 bits per heavy atom. The van der Waals surface area contributed by atoms with Gasteiger partial charge in [0.1, 0.15) is 12.1 Å². The molecule has 1 saturated heterocycles. The minimum Gasteiger partial charge on any atom is -0.367 e. The van der Waals surface area contributed by atoms with Gasteiger partial charge in [-0.25, -0.2) is 15.0 Å². The molecule has 2 aromatic rings. The van der Waals surface area contributed by atoms with Crippen LogP contribution in [0.5, 0.6) is 0 Å². The van der Waals surface area contributed by atoms with Gasteiger partial charge in [-0.05, 0) is 18.9 Å². The van der Waals surface area contributed by atoms with Crippen LogP contribution in [-0.2, 0) is 13.5 Å². The molecule has 1 aliphatic heterocycles. The van der Waals surface area contributed by atoms with Crippen LogP contribution in [0, 0.1) is 0 Å². The van der Waals surface area contributed by atoms with Gasteiger partial charge < -0.3 is 14.8 Å². The Hall–Kier alpha value is -1.95. The van der Waals surface area contributed by atoms with Gasteiger partial charge in [0.25, 0.3) is 0 Å². The highest BCUT2D eigenvalue weighted by atomic mass is 15.2. The van der Waals surface area contributed by atoms with Crippen LogP contribution in [0.3, 0.4) is 0 Å². The summed E-state index contributed by atoms with van der Waals surface area (Å²) in [4.78, 5) is 14.9. The zero-order valence-electron chi connectivity index (χ0n) is 12.4.